The van der Waals surface area contributed by atoms with Crippen LogP contribution in [-0.2, 0) is 24.2 Å². The molecule has 164 valence electrons. The Balaban J connectivity index is 1.43. The van der Waals surface area contributed by atoms with Gasteiger partial charge in [-0.2, -0.15) is 0 Å². The van der Waals surface area contributed by atoms with Gasteiger partial charge in [0, 0.05) is 28.6 Å². The molecule has 1 aromatic heterocycles. The molecular weight excluding hydrogens is 441 g/mol. The van der Waals surface area contributed by atoms with E-state index in [0.717, 1.165) is 46.4 Å². The van der Waals surface area contributed by atoms with Crippen LogP contribution in [0, 0.1) is 6.92 Å². The number of hydrogen-bond acceptors (Lipinski definition) is 2. The summed E-state index contributed by atoms with van der Waals surface area (Å²) in [4.78, 5) is 17.2. The van der Waals surface area contributed by atoms with Gasteiger partial charge in [-0.1, -0.05) is 65.7 Å². The molecule has 4 nitrogen and oxygen atoms in total. The molecule has 0 fully saturated rings. The zero-order valence-electron chi connectivity index (χ0n) is 17.9. The first-order valence-electron chi connectivity index (χ1n) is 10.7. The number of amides is 1. The van der Waals surface area contributed by atoms with Crippen LogP contribution in [0.4, 0.5) is 0 Å². The second-order valence-electron chi connectivity index (χ2n) is 7.86. The topological polar surface area (TPSA) is 46.9 Å². The first-order valence-corrected chi connectivity index (χ1v) is 11.5. The lowest BCUT2D eigenvalue weighted by Crippen LogP contribution is -2.26. The number of rotatable bonds is 8. The van der Waals surface area contributed by atoms with Crippen LogP contribution in [0.3, 0.4) is 0 Å². The number of para-hydroxylation sites is 2. The SMILES string of the molecule is Cc1ccccc1CC(=O)NCCCc1nc2ccccc2n1Cc1c(Cl)cccc1Cl. The van der Waals surface area contributed by atoms with Crippen molar-refractivity contribution in [3.8, 4) is 0 Å². The maximum absolute atomic E-state index is 12.3. The molecule has 0 aliphatic carbocycles. The Morgan fingerprint density at radius 3 is 2.47 bits per heavy atom. The number of fused-ring (bicyclic) bond motifs is 1. The van der Waals surface area contributed by atoms with Crippen LogP contribution in [0.1, 0.15) is 28.9 Å². The van der Waals surface area contributed by atoms with Crippen LogP contribution < -0.4 is 5.32 Å². The van der Waals surface area contributed by atoms with Gasteiger partial charge < -0.3 is 9.88 Å². The van der Waals surface area contributed by atoms with Crippen molar-refractivity contribution in [1.29, 1.82) is 0 Å². The summed E-state index contributed by atoms with van der Waals surface area (Å²) in [5, 5.41) is 4.32. The van der Waals surface area contributed by atoms with Crippen LogP contribution in [0.25, 0.3) is 11.0 Å². The number of imidazole rings is 1. The van der Waals surface area contributed by atoms with Gasteiger partial charge in [-0.05, 0) is 48.7 Å². The average molecular weight is 466 g/mol. The molecule has 0 atom stereocenters. The monoisotopic (exact) mass is 465 g/mol. The quantitative estimate of drug-likeness (QED) is 0.324. The van der Waals surface area contributed by atoms with E-state index >= 15 is 0 Å². The minimum Gasteiger partial charge on any atom is -0.356 e. The number of halogens is 2. The van der Waals surface area contributed by atoms with Crippen molar-refractivity contribution in [1.82, 2.24) is 14.9 Å². The molecule has 3 aromatic carbocycles. The molecule has 0 bridgehead atoms. The zero-order chi connectivity index (χ0) is 22.5. The highest BCUT2D eigenvalue weighted by molar-refractivity contribution is 6.36. The summed E-state index contributed by atoms with van der Waals surface area (Å²) in [6, 6.07) is 21.6. The minimum absolute atomic E-state index is 0.0376. The van der Waals surface area contributed by atoms with Gasteiger partial charge in [0.25, 0.3) is 0 Å². The maximum Gasteiger partial charge on any atom is 0.224 e. The Morgan fingerprint density at radius 2 is 1.69 bits per heavy atom. The molecule has 0 radical (unpaired) electrons. The van der Waals surface area contributed by atoms with Gasteiger partial charge in [0.05, 0.1) is 24.0 Å². The number of carbonyl (C=O) groups is 1. The van der Waals surface area contributed by atoms with Crippen molar-refractivity contribution in [3.05, 3.63) is 99.3 Å². The molecule has 0 unspecified atom stereocenters. The molecule has 0 spiro atoms. The van der Waals surface area contributed by atoms with Crippen molar-refractivity contribution in [2.24, 2.45) is 0 Å². The highest BCUT2D eigenvalue weighted by Gasteiger charge is 2.14. The Labute approximate surface area is 198 Å². The summed E-state index contributed by atoms with van der Waals surface area (Å²) >= 11 is 12.8. The molecule has 32 heavy (non-hydrogen) atoms. The Hall–Kier alpha value is -2.82. The van der Waals surface area contributed by atoms with E-state index in [9.17, 15) is 4.79 Å². The number of benzene rings is 3. The van der Waals surface area contributed by atoms with Crippen molar-refractivity contribution in [2.45, 2.75) is 32.7 Å². The maximum atomic E-state index is 12.3. The van der Waals surface area contributed by atoms with Crippen LogP contribution in [-0.4, -0.2) is 22.0 Å². The summed E-state index contributed by atoms with van der Waals surface area (Å²) < 4.78 is 2.16. The van der Waals surface area contributed by atoms with Gasteiger partial charge in [0.2, 0.25) is 5.91 Å². The number of aromatic nitrogens is 2. The van der Waals surface area contributed by atoms with Crippen molar-refractivity contribution < 1.29 is 4.79 Å². The standard InChI is InChI=1S/C26H25Cl2N3O/c1-18-8-2-3-9-19(18)16-26(32)29-15-7-14-25-30-23-12-4-5-13-24(23)31(25)17-20-21(27)10-6-11-22(20)28/h2-6,8-13H,7,14-17H2,1H3,(H,29,32). The molecular formula is C26H25Cl2N3O. The lowest BCUT2D eigenvalue weighted by atomic mass is 10.1. The summed E-state index contributed by atoms with van der Waals surface area (Å²) in [7, 11) is 0. The second kappa shape index (κ2) is 10.2. The van der Waals surface area contributed by atoms with Crippen molar-refractivity contribution in [2.75, 3.05) is 6.54 Å². The Morgan fingerprint density at radius 1 is 0.969 bits per heavy atom. The summed E-state index contributed by atoms with van der Waals surface area (Å²) in [5.41, 5.74) is 5.06. The van der Waals surface area contributed by atoms with Crippen LogP contribution in [0.2, 0.25) is 10.0 Å². The van der Waals surface area contributed by atoms with Crippen LogP contribution in [0.5, 0.6) is 0 Å². The van der Waals surface area contributed by atoms with Gasteiger partial charge >= 0.3 is 0 Å². The highest BCUT2D eigenvalue weighted by Crippen LogP contribution is 2.27. The molecule has 1 N–H and O–H groups in total. The number of hydrogen-bond donors (Lipinski definition) is 1. The predicted octanol–water partition coefficient (Wildman–Crippen LogP) is 5.99. The van der Waals surface area contributed by atoms with E-state index in [-0.39, 0.29) is 5.91 Å². The highest BCUT2D eigenvalue weighted by atomic mass is 35.5. The first kappa shape index (κ1) is 22.4. The molecule has 0 saturated carbocycles. The minimum atomic E-state index is 0.0376. The number of nitrogens with zero attached hydrogens (tertiary/aromatic N) is 2. The van der Waals surface area contributed by atoms with E-state index in [1.54, 1.807) is 0 Å². The lowest BCUT2D eigenvalue weighted by Gasteiger charge is -2.12. The van der Waals surface area contributed by atoms with Crippen LogP contribution >= 0.6 is 23.2 Å². The molecule has 4 rings (SSSR count). The molecule has 6 heteroatoms. The Bertz CT molecular complexity index is 1230. The molecule has 4 aromatic rings. The molecule has 0 aliphatic rings. The fourth-order valence-corrected chi connectivity index (χ4v) is 4.37. The van der Waals surface area contributed by atoms with Crippen molar-refractivity contribution in [3.63, 3.8) is 0 Å². The predicted molar refractivity (Wildman–Crippen MR) is 132 cm³/mol. The van der Waals surface area contributed by atoms with Gasteiger partial charge in [-0.25, -0.2) is 4.98 Å². The second-order valence-corrected chi connectivity index (χ2v) is 8.67. The van der Waals surface area contributed by atoms with Crippen LogP contribution in [0.15, 0.2) is 66.7 Å². The molecule has 0 aliphatic heterocycles. The van der Waals surface area contributed by atoms with Gasteiger partial charge in [-0.3, -0.25) is 4.79 Å². The summed E-state index contributed by atoms with van der Waals surface area (Å²) in [6.45, 7) is 3.17. The molecule has 0 saturated heterocycles. The molecule has 1 heterocycles. The fourth-order valence-electron chi connectivity index (χ4n) is 3.85. The largest absolute Gasteiger partial charge is 0.356 e. The summed E-state index contributed by atoms with van der Waals surface area (Å²) in [5.74, 6) is 0.992. The third-order valence-corrected chi connectivity index (χ3v) is 6.33. The smallest absolute Gasteiger partial charge is 0.224 e. The average Bonchev–Trinajstić information content (AvgIpc) is 3.13. The first-order chi connectivity index (χ1) is 15.5. The number of carbonyl (C=O) groups excluding carboxylic acids is 1. The van der Waals surface area contributed by atoms with E-state index in [0.29, 0.717) is 29.6 Å². The zero-order valence-corrected chi connectivity index (χ0v) is 19.5. The van der Waals surface area contributed by atoms with E-state index in [4.69, 9.17) is 28.2 Å². The third-order valence-electron chi connectivity index (χ3n) is 5.62. The fraction of sp³-hybridized carbons (Fsp3) is 0.231. The third kappa shape index (κ3) is 5.14. The van der Waals surface area contributed by atoms with E-state index in [1.165, 1.54) is 0 Å². The van der Waals surface area contributed by atoms with Crippen molar-refractivity contribution >= 4 is 40.1 Å². The van der Waals surface area contributed by atoms with Gasteiger partial charge in [0.1, 0.15) is 5.82 Å². The lowest BCUT2D eigenvalue weighted by molar-refractivity contribution is -0.120. The van der Waals surface area contributed by atoms with E-state index in [1.807, 2.05) is 67.6 Å². The number of aryl methyl sites for hydroxylation is 2. The van der Waals surface area contributed by atoms with E-state index < -0.39 is 0 Å². The summed E-state index contributed by atoms with van der Waals surface area (Å²) in [6.07, 6.45) is 1.93. The Kier molecular flexibility index (Phi) is 7.13. The van der Waals surface area contributed by atoms with E-state index in [2.05, 4.69) is 16.0 Å². The number of nitrogens with one attached hydrogen (secondary N) is 1. The molecule has 1 amide bonds. The van der Waals surface area contributed by atoms with Gasteiger partial charge in [-0.15, -0.1) is 0 Å². The normalized spacial score (nSPS) is 11.1. The van der Waals surface area contributed by atoms with Gasteiger partial charge in [0.15, 0.2) is 0 Å².